The highest BCUT2D eigenvalue weighted by Crippen LogP contribution is 2.10. The van der Waals surface area contributed by atoms with Gasteiger partial charge in [0.1, 0.15) is 5.37 Å². The zero-order chi connectivity index (χ0) is 11.0. The summed E-state index contributed by atoms with van der Waals surface area (Å²) in [7, 11) is 0. The van der Waals surface area contributed by atoms with E-state index in [2.05, 4.69) is 19.2 Å². The van der Waals surface area contributed by atoms with Crippen molar-refractivity contribution in [3.05, 3.63) is 0 Å². The molecule has 0 spiro atoms. The molecule has 0 radical (unpaired) electrons. The topological polar surface area (TPSA) is 49.3 Å². The Kier molecular flexibility index (Phi) is 8.43. The van der Waals surface area contributed by atoms with E-state index in [1.807, 2.05) is 0 Å². The Hall–Kier alpha value is 0.0700. The van der Waals surface area contributed by atoms with Gasteiger partial charge in [0.25, 0.3) is 0 Å². The normalized spacial score (nSPS) is 17.7. The van der Waals surface area contributed by atoms with Crippen molar-refractivity contribution in [2.45, 2.75) is 51.8 Å². The summed E-state index contributed by atoms with van der Waals surface area (Å²) in [6, 6.07) is 0. The minimum absolute atomic E-state index is 0.307. The first-order chi connectivity index (χ1) is 6.57. The van der Waals surface area contributed by atoms with Crippen molar-refractivity contribution in [2.75, 3.05) is 6.54 Å². The quantitative estimate of drug-likeness (QED) is 0.488. The van der Waals surface area contributed by atoms with Crippen LogP contribution in [0.15, 0.2) is 0 Å². The van der Waals surface area contributed by atoms with Crippen LogP contribution >= 0.6 is 0 Å². The second-order valence-corrected chi connectivity index (χ2v) is 5.14. The van der Waals surface area contributed by atoms with Gasteiger partial charge < -0.3 is 9.87 Å². The fourth-order valence-corrected chi connectivity index (χ4v) is 1.46. The Morgan fingerprint density at radius 3 is 2.50 bits per heavy atom. The largest absolute Gasteiger partial charge is 0.305 e. The van der Waals surface area contributed by atoms with Crippen molar-refractivity contribution in [2.24, 2.45) is 5.92 Å². The van der Waals surface area contributed by atoms with Crippen molar-refractivity contribution in [1.82, 2.24) is 5.32 Å². The van der Waals surface area contributed by atoms with Crippen LogP contribution in [0.5, 0.6) is 0 Å². The molecule has 0 rings (SSSR count). The lowest BCUT2D eigenvalue weighted by molar-refractivity contribution is 0.471. The van der Waals surface area contributed by atoms with Crippen molar-refractivity contribution in [3.63, 3.8) is 0 Å². The highest BCUT2D eigenvalue weighted by atomic mass is 32.2. The van der Waals surface area contributed by atoms with E-state index in [-0.39, 0.29) is 5.37 Å². The zero-order valence-corrected chi connectivity index (χ0v) is 10.3. The van der Waals surface area contributed by atoms with Crippen LogP contribution < -0.4 is 5.32 Å². The van der Waals surface area contributed by atoms with Gasteiger partial charge in [-0.15, -0.1) is 0 Å². The van der Waals surface area contributed by atoms with Gasteiger partial charge in [-0.25, -0.2) is 4.21 Å². The van der Waals surface area contributed by atoms with Gasteiger partial charge in [0, 0.05) is 0 Å². The van der Waals surface area contributed by atoms with Gasteiger partial charge in [-0.2, -0.15) is 0 Å². The summed E-state index contributed by atoms with van der Waals surface area (Å²) in [6.07, 6.45) is 4.79. The maximum absolute atomic E-state index is 10.6. The van der Waals surface area contributed by atoms with Gasteiger partial charge in [-0.05, 0) is 25.8 Å². The van der Waals surface area contributed by atoms with Crippen LogP contribution in [0.3, 0.4) is 0 Å². The molecular formula is C10H23NO2S. The Morgan fingerprint density at radius 2 is 2.00 bits per heavy atom. The van der Waals surface area contributed by atoms with Gasteiger partial charge >= 0.3 is 0 Å². The maximum atomic E-state index is 10.6. The van der Waals surface area contributed by atoms with Crippen LogP contribution in [0.1, 0.15) is 46.5 Å². The molecule has 2 N–H and O–H groups in total. The lowest BCUT2D eigenvalue weighted by atomic mass is 10.0. The highest BCUT2D eigenvalue weighted by molar-refractivity contribution is 7.79. The van der Waals surface area contributed by atoms with Gasteiger partial charge in [0.2, 0.25) is 0 Å². The third-order valence-corrected chi connectivity index (χ3v) is 3.33. The summed E-state index contributed by atoms with van der Waals surface area (Å²) in [5.41, 5.74) is 0. The van der Waals surface area contributed by atoms with Crippen LogP contribution in [0.25, 0.3) is 0 Å². The standard InChI is InChI=1S/C10H23NO2S/c1-4-9(2)7-5-6-8-11-10(3)14(12)13/h9-11H,4-8H2,1-3H3,(H,12,13). The predicted octanol–water partition coefficient (Wildman–Crippen LogP) is 2.36. The van der Waals surface area contributed by atoms with E-state index < -0.39 is 11.1 Å². The van der Waals surface area contributed by atoms with Gasteiger partial charge in [0.15, 0.2) is 11.1 Å². The van der Waals surface area contributed by atoms with Crippen molar-refractivity contribution < 1.29 is 8.76 Å². The van der Waals surface area contributed by atoms with Crippen molar-refractivity contribution >= 4 is 11.1 Å². The summed E-state index contributed by atoms with van der Waals surface area (Å²) in [4.78, 5) is 0. The zero-order valence-electron chi connectivity index (χ0n) is 9.45. The lowest BCUT2D eigenvalue weighted by Gasteiger charge is -2.10. The van der Waals surface area contributed by atoms with Crippen LogP contribution in [0.2, 0.25) is 0 Å². The summed E-state index contributed by atoms with van der Waals surface area (Å²) in [6.45, 7) is 7.04. The van der Waals surface area contributed by atoms with Gasteiger partial charge in [-0.3, -0.25) is 0 Å². The monoisotopic (exact) mass is 221 g/mol. The molecule has 14 heavy (non-hydrogen) atoms. The molecule has 0 aromatic rings. The number of unbranched alkanes of at least 4 members (excludes halogenated alkanes) is 1. The Balaban J connectivity index is 3.25. The summed E-state index contributed by atoms with van der Waals surface area (Å²) in [5.74, 6) is 0.805. The van der Waals surface area contributed by atoms with E-state index in [0.29, 0.717) is 0 Å². The lowest BCUT2D eigenvalue weighted by Crippen LogP contribution is -2.30. The smallest absolute Gasteiger partial charge is 0.170 e. The van der Waals surface area contributed by atoms with Crippen molar-refractivity contribution in [1.29, 1.82) is 0 Å². The third-order valence-electron chi connectivity index (χ3n) is 2.55. The average Bonchev–Trinajstić information content (AvgIpc) is 2.16. The molecule has 0 heterocycles. The minimum Gasteiger partial charge on any atom is -0.305 e. The van der Waals surface area contributed by atoms with Crippen LogP contribution in [-0.4, -0.2) is 20.7 Å². The SMILES string of the molecule is CCC(C)CCCCNC(C)S(=O)O. The minimum atomic E-state index is -1.74. The maximum Gasteiger partial charge on any atom is 0.170 e. The Bertz CT molecular complexity index is 164. The molecule has 0 saturated carbocycles. The molecule has 0 aromatic carbocycles. The summed E-state index contributed by atoms with van der Waals surface area (Å²) < 4.78 is 19.3. The molecule has 0 amide bonds. The third kappa shape index (κ3) is 7.47. The molecule has 0 saturated heterocycles. The van der Waals surface area contributed by atoms with Crippen LogP contribution in [-0.2, 0) is 11.1 Å². The number of nitrogens with one attached hydrogen (secondary N) is 1. The highest BCUT2D eigenvalue weighted by Gasteiger charge is 2.05. The second kappa shape index (κ2) is 8.38. The molecule has 3 atom stereocenters. The van der Waals surface area contributed by atoms with Gasteiger partial charge in [0.05, 0.1) is 0 Å². The van der Waals surface area contributed by atoms with Crippen LogP contribution in [0.4, 0.5) is 0 Å². The van der Waals surface area contributed by atoms with E-state index in [1.54, 1.807) is 6.92 Å². The molecule has 3 nitrogen and oxygen atoms in total. The molecule has 4 heteroatoms. The number of hydrogen-bond donors (Lipinski definition) is 2. The first-order valence-corrected chi connectivity index (χ1v) is 6.58. The molecule has 0 aromatic heterocycles. The molecular weight excluding hydrogens is 198 g/mol. The molecule has 0 bridgehead atoms. The first kappa shape index (κ1) is 14.1. The van der Waals surface area contributed by atoms with Gasteiger partial charge in [-0.1, -0.05) is 33.1 Å². The van der Waals surface area contributed by atoms with E-state index in [1.165, 1.54) is 19.3 Å². The predicted molar refractivity (Wildman–Crippen MR) is 61.5 cm³/mol. The Morgan fingerprint density at radius 1 is 1.36 bits per heavy atom. The summed E-state index contributed by atoms with van der Waals surface area (Å²) in [5, 5.41) is 2.72. The first-order valence-electron chi connectivity index (χ1n) is 5.41. The molecule has 0 aliphatic rings. The van der Waals surface area contributed by atoms with E-state index in [9.17, 15) is 4.21 Å². The molecule has 0 aliphatic carbocycles. The molecule has 0 fully saturated rings. The second-order valence-electron chi connectivity index (χ2n) is 3.88. The van der Waals surface area contributed by atoms with E-state index in [4.69, 9.17) is 4.55 Å². The number of rotatable bonds is 8. The molecule has 0 aliphatic heterocycles. The molecule has 86 valence electrons. The fourth-order valence-electron chi connectivity index (χ4n) is 1.20. The van der Waals surface area contributed by atoms with E-state index >= 15 is 0 Å². The van der Waals surface area contributed by atoms with E-state index in [0.717, 1.165) is 18.9 Å². The van der Waals surface area contributed by atoms with Crippen molar-refractivity contribution in [3.8, 4) is 0 Å². The fraction of sp³-hybridized carbons (Fsp3) is 1.00. The molecule has 3 unspecified atom stereocenters. The average molecular weight is 221 g/mol. The number of hydrogen-bond acceptors (Lipinski definition) is 2. The van der Waals surface area contributed by atoms with Crippen LogP contribution in [0, 0.1) is 5.92 Å². The summed E-state index contributed by atoms with van der Waals surface area (Å²) >= 11 is -1.74. The Labute approximate surface area is 90.0 Å².